The van der Waals surface area contributed by atoms with Gasteiger partial charge in [0.2, 0.25) is 0 Å². The van der Waals surface area contributed by atoms with Crippen LogP contribution in [0, 0.1) is 0 Å². The van der Waals surface area contributed by atoms with Crippen molar-refractivity contribution in [3.63, 3.8) is 0 Å². The molecular weight excluding hydrogens is 166 g/mol. The average molecular weight is 181 g/mol. The fourth-order valence-electron chi connectivity index (χ4n) is 1.27. The topological polar surface area (TPSA) is 15.8 Å². The minimum Gasteiger partial charge on any atom is -0.353 e. The van der Waals surface area contributed by atoms with Gasteiger partial charge in [0.1, 0.15) is 0 Å². The Morgan fingerprint density at radius 2 is 2.25 bits per heavy atom. The zero-order valence-electron chi connectivity index (χ0n) is 7.65. The molecule has 1 aromatic heterocycles. The molecule has 0 aromatic carbocycles. The number of thiol groups is 1. The second kappa shape index (κ2) is 3.85. The van der Waals surface area contributed by atoms with Gasteiger partial charge in [0.25, 0.3) is 0 Å². The molecule has 2 heteroatoms. The molecular formula is C10H15NS. The van der Waals surface area contributed by atoms with Crippen LogP contribution in [0.15, 0.2) is 17.7 Å². The number of aromatic amines is 1. The molecule has 0 aliphatic carbocycles. The van der Waals surface area contributed by atoms with Gasteiger partial charge in [-0.25, -0.2) is 0 Å². The highest BCUT2D eigenvalue weighted by molar-refractivity contribution is 7.80. The summed E-state index contributed by atoms with van der Waals surface area (Å²) in [4.78, 5) is 3.21. The summed E-state index contributed by atoms with van der Waals surface area (Å²) in [5, 5.41) is 0.927. The number of nitrogens with one attached hydrogen (secondary N) is 1. The van der Waals surface area contributed by atoms with Crippen LogP contribution >= 0.6 is 12.6 Å². The molecule has 1 rings (SSSR count). The Morgan fingerprint density at radius 1 is 1.58 bits per heavy atom. The number of aromatic nitrogens is 1. The largest absolute Gasteiger partial charge is 0.353 e. The minimum atomic E-state index is 0.927. The fourth-order valence-corrected chi connectivity index (χ4v) is 1.53. The predicted octanol–water partition coefficient (Wildman–Crippen LogP) is 3.29. The van der Waals surface area contributed by atoms with Crippen LogP contribution in [0.4, 0.5) is 0 Å². The molecule has 0 aliphatic heterocycles. The molecule has 0 amide bonds. The quantitative estimate of drug-likeness (QED) is 0.666. The summed E-state index contributed by atoms with van der Waals surface area (Å²) in [7, 11) is 0. The van der Waals surface area contributed by atoms with Crippen molar-refractivity contribution in [2.24, 2.45) is 0 Å². The smallest absolute Gasteiger partial charge is 0.0699 e. The second-order valence-electron chi connectivity index (χ2n) is 2.86. The summed E-state index contributed by atoms with van der Waals surface area (Å²) in [6.07, 6.45) is 2.01. The lowest BCUT2D eigenvalue weighted by Gasteiger charge is -2.01. The van der Waals surface area contributed by atoms with Crippen LogP contribution in [0.25, 0.3) is 5.57 Å². The van der Waals surface area contributed by atoms with Gasteiger partial charge in [0.15, 0.2) is 0 Å². The molecule has 0 atom stereocenters. The molecule has 0 saturated carbocycles. The maximum Gasteiger partial charge on any atom is 0.0699 e. The summed E-state index contributed by atoms with van der Waals surface area (Å²) in [5.41, 5.74) is 3.67. The summed E-state index contributed by atoms with van der Waals surface area (Å²) in [6.45, 7) is 8.26. The van der Waals surface area contributed by atoms with E-state index < -0.39 is 0 Å². The number of hydrogen-bond acceptors (Lipinski definition) is 1. The number of allylic oxidation sites excluding steroid dienone is 1. The predicted molar refractivity (Wildman–Crippen MR) is 56.7 cm³/mol. The molecule has 0 radical (unpaired) electrons. The fraction of sp³-hybridized carbons (Fsp3) is 0.400. The summed E-state index contributed by atoms with van der Waals surface area (Å²) in [5.74, 6) is 0. The molecule has 0 spiro atoms. The van der Waals surface area contributed by atoms with E-state index in [4.69, 9.17) is 0 Å². The van der Waals surface area contributed by atoms with Gasteiger partial charge in [-0.15, -0.1) is 12.6 Å². The normalized spacial score (nSPS) is 10.2. The summed E-state index contributed by atoms with van der Waals surface area (Å²) >= 11 is 4.27. The first-order chi connectivity index (χ1) is 5.69. The van der Waals surface area contributed by atoms with Gasteiger partial charge in [-0.05, 0) is 30.0 Å². The van der Waals surface area contributed by atoms with Gasteiger partial charge in [-0.1, -0.05) is 20.4 Å². The van der Waals surface area contributed by atoms with E-state index in [1.165, 1.54) is 16.8 Å². The average Bonchev–Trinajstić information content (AvgIpc) is 2.45. The van der Waals surface area contributed by atoms with Crippen molar-refractivity contribution in [3.8, 4) is 0 Å². The monoisotopic (exact) mass is 181 g/mol. The van der Waals surface area contributed by atoms with Crippen LogP contribution in [0.1, 0.15) is 31.5 Å². The molecule has 0 unspecified atom stereocenters. The van der Waals surface area contributed by atoms with Gasteiger partial charge in [0, 0.05) is 5.69 Å². The lowest BCUT2D eigenvalue weighted by Crippen LogP contribution is -1.86. The number of hydrogen-bond donors (Lipinski definition) is 2. The molecule has 12 heavy (non-hydrogen) atoms. The van der Waals surface area contributed by atoms with Crippen molar-refractivity contribution >= 4 is 18.2 Å². The second-order valence-corrected chi connectivity index (χ2v) is 3.34. The summed E-state index contributed by atoms with van der Waals surface area (Å²) < 4.78 is 0. The highest BCUT2D eigenvalue weighted by Crippen LogP contribution is 2.23. The van der Waals surface area contributed by atoms with Gasteiger partial charge in [0.05, 0.1) is 5.03 Å². The van der Waals surface area contributed by atoms with Gasteiger partial charge in [-0.3, -0.25) is 0 Å². The van der Waals surface area contributed by atoms with Crippen molar-refractivity contribution in [1.82, 2.24) is 4.98 Å². The number of H-pyrrole nitrogens is 1. The van der Waals surface area contributed by atoms with E-state index in [1.54, 1.807) is 0 Å². The third-order valence-electron chi connectivity index (χ3n) is 2.05. The van der Waals surface area contributed by atoms with Crippen molar-refractivity contribution in [2.75, 3.05) is 0 Å². The van der Waals surface area contributed by atoms with E-state index in [-0.39, 0.29) is 0 Å². The Labute approximate surface area is 79.3 Å². The first kappa shape index (κ1) is 9.46. The van der Waals surface area contributed by atoms with Crippen LogP contribution in [-0.2, 0) is 6.42 Å². The SMILES string of the molecule is C=C(CC)c1cc(S)[nH]c1CC. The standard InChI is InChI=1S/C10H15NS/c1-4-7(3)8-6-10(12)11-9(8)5-2/h6,11-12H,3-5H2,1-2H3. The summed E-state index contributed by atoms with van der Waals surface area (Å²) in [6, 6.07) is 2.05. The Balaban J connectivity index is 3.04. The first-order valence-electron chi connectivity index (χ1n) is 4.28. The van der Waals surface area contributed by atoms with Gasteiger partial charge >= 0.3 is 0 Å². The maximum absolute atomic E-state index is 4.27. The first-order valence-corrected chi connectivity index (χ1v) is 4.72. The number of aryl methyl sites for hydroxylation is 1. The van der Waals surface area contributed by atoms with Gasteiger partial charge in [-0.2, -0.15) is 0 Å². The van der Waals surface area contributed by atoms with E-state index in [0.29, 0.717) is 0 Å². The van der Waals surface area contributed by atoms with Crippen molar-refractivity contribution in [2.45, 2.75) is 31.7 Å². The molecule has 0 bridgehead atoms. The Hall–Kier alpha value is -0.630. The lowest BCUT2D eigenvalue weighted by atomic mass is 10.1. The molecule has 0 saturated heterocycles. The van der Waals surface area contributed by atoms with Gasteiger partial charge < -0.3 is 4.98 Å². The maximum atomic E-state index is 4.27. The molecule has 0 aliphatic rings. The van der Waals surface area contributed by atoms with Crippen molar-refractivity contribution < 1.29 is 0 Å². The van der Waals surface area contributed by atoms with Crippen LogP contribution < -0.4 is 0 Å². The Morgan fingerprint density at radius 3 is 2.75 bits per heavy atom. The van der Waals surface area contributed by atoms with Crippen LogP contribution in [0.2, 0.25) is 0 Å². The van der Waals surface area contributed by atoms with E-state index in [0.717, 1.165) is 17.9 Å². The van der Waals surface area contributed by atoms with E-state index >= 15 is 0 Å². The Bertz CT molecular complexity index is 286. The Kier molecular flexibility index (Phi) is 3.04. The van der Waals surface area contributed by atoms with Crippen LogP contribution in [-0.4, -0.2) is 4.98 Å². The highest BCUT2D eigenvalue weighted by Gasteiger charge is 2.05. The zero-order chi connectivity index (χ0) is 9.14. The zero-order valence-corrected chi connectivity index (χ0v) is 8.54. The molecule has 66 valence electrons. The minimum absolute atomic E-state index is 0.927. The van der Waals surface area contributed by atoms with Crippen LogP contribution in [0.3, 0.4) is 0 Å². The van der Waals surface area contributed by atoms with Crippen molar-refractivity contribution in [3.05, 3.63) is 23.9 Å². The number of rotatable bonds is 3. The van der Waals surface area contributed by atoms with Crippen LogP contribution in [0.5, 0.6) is 0 Å². The third kappa shape index (κ3) is 1.75. The molecule has 1 nitrogen and oxygen atoms in total. The highest BCUT2D eigenvalue weighted by atomic mass is 32.1. The molecule has 1 N–H and O–H groups in total. The van der Waals surface area contributed by atoms with E-state index in [9.17, 15) is 0 Å². The third-order valence-corrected chi connectivity index (χ3v) is 2.29. The molecule has 1 aromatic rings. The van der Waals surface area contributed by atoms with E-state index in [1.807, 2.05) is 6.07 Å². The lowest BCUT2D eigenvalue weighted by molar-refractivity contribution is 1.01. The van der Waals surface area contributed by atoms with E-state index in [2.05, 4.69) is 38.0 Å². The molecule has 0 fully saturated rings. The molecule has 1 heterocycles. The van der Waals surface area contributed by atoms with Crippen molar-refractivity contribution in [1.29, 1.82) is 0 Å².